The lowest BCUT2D eigenvalue weighted by Gasteiger charge is -2.29. The van der Waals surface area contributed by atoms with E-state index in [0.29, 0.717) is 29.5 Å². The van der Waals surface area contributed by atoms with E-state index in [4.69, 9.17) is 15.2 Å². The third-order valence-corrected chi connectivity index (χ3v) is 7.82. The summed E-state index contributed by atoms with van der Waals surface area (Å²) in [7, 11) is 0. The van der Waals surface area contributed by atoms with Gasteiger partial charge in [-0.05, 0) is 49.3 Å². The van der Waals surface area contributed by atoms with Crippen LogP contribution >= 0.6 is 11.5 Å². The quantitative estimate of drug-likeness (QED) is 0.408. The normalized spacial score (nSPS) is 22.8. The Labute approximate surface area is 188 Å². The van der Waals surface area contributed by atoms with Crippen molar-refractivity contribution in [2.75, 3.05) is 5.73 Å². The zero-order valence-corrected chi connectivity index (χ0v) is 18.2. The summed E-state index contributed by atoms with van der Waals surface area (Å²) in [6.07, 6.45) is 12.6. The van der Waals surface area contributed by atoms with E-state index in [1.165, 1.54) is 24.4 Å². The first-order valence-corrected chi connectivity index (χ1v) is 11.8. The summed E-state index contributed by atoms with van der Waals surface area (Å²) < 4.78 is 13.8. The highest BCUT2D eigenvalue weighted by Crippen LogP contribution is 2.40. The van der Waals surface area contributed by atoms with Crippen LogP contribution in [0.25, 0.3) is 43.5 Å². The highest BCUT2D eigenvalue weighted by atomic mass is 32.1. The molecule has 4 aromatic heterocycles. The summed E-state index contributed by atoms with van der Waals surface area (Å²) in [6, 6.07) is 9.92. The predicted molar refractivity (Wildman–Crippen MR) is 126 cm³/mol. The average molecular weight is 443 g/mol. The molecule has 32 heavy (non-hydrogen) atoms. The SMILES string of the molecule is Nc1ncc(-c2cnn(C3C[C@H]4CC[C@@H](C3)N4)c2)c2cc(-c3cccc4cnsc34)oc12. The van der Waals surface area contributed by atoms with Crippen LogP contribution in [0.4, 0.5) is 5.82 Å². The molecular weight excluding hydrogens is 420 g/mol. The number of nitrogens with one attached hydrogen (secondary N) is 1. The molecule has 160 valence electrons. The van der Waals surface area contributed by atoms with Crippen LogP contribution < -0.4 is 11.1 Å². The van der Waals surface area contributed by atoms with Crippen LogP contribution in [0, 0.1) is 0 Å². The van der Waals surface area contributed by atoms with Gasteiger partial charge < -0.3 is 15.5 Å². The van der Waals surface area contributed by atoms with E-state index in [9.17, 15) is 0 Å². The Kier molecular flexibility index (Phi) is 3.95. The van der Waals surface area contributed by atoms with Gasteiger partial charge in [0.25, 0.3) is 0 Å². The second-order valence-corrected chi connectivity index (χ2v) is 9.73. The molecule has 2 aliphatic heterocycles. The number of pyridine rings is 1. The van der Waals surface area contributed by atoms with E-state index < -0.39 is 0 Å². The number of rotatable bonds is 3. The van der Waals surface area contributed by atoms with Gasteiger partial charge in [-0.15, -0.1) is 0 Å². The minimum absolute atomic E-state index is 0.397. The van der Waals surface area contributed by atoms with Crippen molar-refractivity contribution in [3.8, 4) is 22.5 Å². The van der Waals surface area contributed by atoms with Crippen LogP contribution in [-0.4, -0.2) is 31.2 Å². The lowest BCUT2D eigenvalue weighted by atomic mass is 10.00. The number of piperidine rings is 1. The van der Waals surface area contributed by atoms with Gasteiger partial charge in [0, 0.05) is 58.1 Å². The molecule has 0 radical (unpaired) electrons. The summed E-state index contributed by atoms with van der Waals surface area (Å²) in [6.45, 7) is 0. The van der Waals surface area contributed by atoms with Crippen LogP contribution in [0.3, 0.4) is 0 Å². The molecule has 0 aliphatic carbocycles. The van der Waals surface area contributed by atoms with Crippen molar-refractivity contribution in [1.29, 1.82) is 0 Å². The second kappa shape index (κ2) is 6.88. The third-order valence-electron chi connectivity index (χ3n) is 6.97. The maximum Gasteiger partial charge on any atom is 0.177 e. The smallest absolute Gasteiger partial charge is 0.177 e. The van der Waals surface area contributed by atoms with Crippen LogP contribution in [0.1, 0.15) is 31.7 Å². The fourth-order valence-electron chi connectivity index (χ4n) is 5.41. The number of benzene rings is 1. The van der Waals surface area contributed by atoms with E-state index in [0.717, 1.165) is 50.8 Å². The molecule has 3 N–H and O–H groups in total. The minimum Gasteiger partial charge on any atom is -0.452 e. The Morgan fingerprint density at radius 1 is 1.09 bits per heavy atom. The molecule has 8 heteroatoms. The van der Waals surface area contributed by atoms with Crippen LogP contribution in [-0.2, 0) is 0 Å². The highest BCUT2D eigenvalue weighted by Gasteiger charge is 2.34. The van der Waals surface area contributed by atoms with Gasteiger partial charge in [0.05, 0.1) is 16.9 Å². The van der Waals surface area contributed by atoms with Crippen LogP contribution in [0.5, 0.6) is 0 Å². The Hall–Kier alpha value is -3.23. The molecule has 2 aliphatic rings. The van der Waals surface area contributed by atoms with Gasteiger partial charge in [-0.3, -0.25) is 4.68 Å². The molecule has 7 nitrogen and oxygen atoms in total. The average Bonchev–Trinajstić information content (AvgIpc) is 3.60. The Morgan fingerprint density at radius 3 is 2.84 bits per heavy atom. The number of nitrogens with zero attached hydrogens (tertiary/aromatic N) is 4. The molecule has 5 aromatic rings. The van der Waals surface area contributed by atoms with Crippen molar-refractivity contribution in [2.24, 2.45) is 0 Å². The highest BCUT2D eigenvalue weighted by molar-refractivity contribution is 7.13. The Balaban J connectivity index is 1.31. The molecule has 0 amide bonds. The van der Waals surface area contributed by atoms with Gasteiger partial charge in [0.2, 0.25) is 0 Å². The molecular formula is C24H22N6OS. The fourth-order valence-corrected chi connectivity index (χ4v) is 6.18. The summed E-state index contributed by atoms with van der Waals surface area (Å²) in [5, 5.41) is 10.5. The monoisotopic (exact) mass is 442 g/mol. The van der Waals surface area contributed by atoms with Crippen molar-refractivity contribution >= 4 is 38.4 Å². The molecule has 2 fully saturated rings. The molecule has 0 spiro atoms. The molecule has 2 saturated heterocycles. The number of hydrogen-bond donors (Lipinski definition) is 2. The number of fused-ring (bicyclic) bond motifs is 4. The topological polar surface area (TPSA) is 94.8 Å². The number of anilines is 1. The number of nitrogens with two attached hydrogens (primary N) is 1. The summed E-state index contributed by atoms with van der Waals surface area (Å²) in [4.78, 5) is 4.43. The van der Waals surface area contributed by atoms with Crippen LogP contribution in [0.15, 0.2) is 53.5 Å². The molecule has 7 rings (SSSR count). The van der Waals surface area contributed by atoms with Crippen molar-refractivity contribution in [2.45, 2.75) is 43.8 Å². The van der Waals surface area contributed by atoms with Gasteiger partial charge in [-0.1, -0.05) is 12.1 Å². The van der Waals surface area contributed by atoms with Crippen molar-refractivity contribution in [3.05, 3.63) is 49.1 Å². The van der Waals surface area contributed by atoms with Gasteiger partial charge >= 0.3 is 0 Å². The second-order valence-electron chi connectivity index (χ2n) is 8.93. The van der Waals surface area contributed by atoms with Crippen LogP contribution in [0.2, 0.25) is 0 Å². The Bertz CT molecular complexity index is 1450. The van der Waals surface area contributed by atoms with Gasteiger partial charge in [0.15, 0.2) is 11.4 Å². The molecule has 2 bridgehead atoms. The molecule has 1 unspecified atom stereocenters. The van der Waals surface area contributed by atoms with E-state index in [1.807, 2.05) is 24.7 Å². The molecule has 1 aromatic carbocycles. The zero-order chi connectivity index (χ0) is 21.2. The number of aromatic nitrogens is 4. The predicted octanol–water partition coefficient (Wildman–Crippen LogP) is 5.01. The third kappa shape index (κ3) is 2.79. The number of furan rings is 1. The largest absolute Gasteiger partial charge is 0.452 e. The van der Waals surface area contributed by atoms with E-state index in [-0.39, 0.29) is 0 Å². The maximum atomic E-state index is 6.24. The van der Waals surface area contributed by atoms with E-state index in [1.54, 1.807) is 0 Å². The van der Waals surface area contributed by atoms with Crippen molar-refractivity contribution < 1.29 is 4.42 Å². The van der Waals surface area contributed by atoms with Crippen molar-refractivity contribution in [3.63, 3.8) is 0 Å². The van der Waals surface area contributed by atoms with E-state index >= 15 is 0 Å². The molecule has 6 heterocycles. The fraction of sp³-hybridized carbons (Fsp3) is 0.292. The molecule has 3 atom stereocenters. The lowest BCUT2D eigenvalue weighted by molar-refractivity contribution is 0.281. The first kappa shape index (κ1) is 18.4. The van der Waals surface area contributed by atoms with Gasteiger partial charge in [0.1, 0.15) is 5.76 Å². The maximum absolute atomic E-state index is 6.24. The van der Waals surface area contributed by atoms with Crippen molar-refractivity contribution in [1.82, 2.24) is 24.5 Å². The van der Waals surface area contributed by atoms with Gasteiger partial charge in [-0.25, -0.2) is 4.98 Å². The van der Waals surface area contributed by atoms with Gasteiger partial charge in [-0.2, -0.15) is 9.47 Å². The minimum atomic E-state index is 0.397. The summed E-state index contributed by atoms with van der Waals surface area (Å²) in [5.41, 5.74) is 9.87. The lowest BCUT2D eigenvalue weighted by Crippen LogP contribution is -2.38. The molecule has 0 saturated carbocycles. The first-order valence-electron chi connectivity index (χ1n) is 11.1. The number of nitrogen functional groups attached to an aromatic ring is 1. The number of hydrogen-bond acceptors (Lipinski definition) is 7. The zero-order valence-electron chi connectivity index (χ0n) is 17.4. The standard InChI is InChI=1S/C24H22N6OS/c25-24-22-19(8-21(31-22)18-3-1-2-13-10-28-32-23(13)18)20(11-26-24)14-9-27-30(12-14)17-6-15-4-5-16(7-17)29-15/h1-3,8-12,15-17,29H,4-7H2,(H2,25,26)/t15-,16+,17?. The first-order chi connectivity index (χ1) is 15.7. The van der Waals surface area contributed by atoms with E-state index in [2.05, 4.69) is 43.8 Å². The summed E-state index contributed by atoms with van der Waals surface area (Å²) >= 11 is 1.47. The summed E-state index contributed by atoms with van der Waals surface area (Å²) in [5.74, 6) is 1.17. The Morgan fingerprint density at radius 2 is 1.97 bits per heavy atom.